The van der Waals surface area contributed by atoms with Crippen molar-refractivity contribution in [3.63, 3.8) is 0 Å². The van der Waals surface area contributed by atoms with Crippen molar-refractivity contribution in [3.8, 4) is 11.5 Å². The van der Waals surface area contributed by atoms with Gasteiger partial charge in [-0.05, 0) is 55.4 Å². The summed E-state index contributed by atoms with van der Waals surface area (Å²) in [6.07, 6.45) is 1.99. The summed E-state index contributed by atoms with van der Waals surface area (Å²) in [7, 11) is 0. The minimum absolute atomic E-state index is 0.0466. The maximum absolute atomic E-state index is 15.1. The lowest BCUT2D eigenvalue weighted by molar-refractivity contribution is -0.176. The van der Waals surface area contributed by atoms with E-state index in [4.69, 9.17) is 9.47 Å². The fourth-order valence-corrected chi connectivity index (χ4v) is 3.72. The Labute approximate surface area is 168 Å². The molecular formula is C23H22F2O4. The number of ether oxygens (including phenoxy) is 2. The number of halogens is 2. The van der Waals surface area contributed by atoms with Gasteiger partial charge in [-0.15, -0.1) is 0 Å². The van der Waals surface area contributed by atoms with Gasteiger partial charge in [0.2, 0.25) is 0 Å². The fraction of sp³-hybridized carbons (Fsp3) is 0.304. The van der Waals surface area contributed by atoms with Crippen LogP contribution in [0.1, 0.15) is 19.3 Å². The van der Waals surface area contributed by atoms with E-state index in [-0.39, 0.29) is 18.6 Å². The second-order valence-electron chi connectivity index (χ2n) is 7.03. The molecule has 0 spiro atoms. The molecule has 6 heteroatoms. The normalized spacial score (nSPS) is 21.6. The van der Waals surface area contributed by atoms with Crippen molar-refractivity contribution in [2.24, 2.45) is 17.8 Å². The Morgan fingerprint density at radius 3 is 2.07 bits per heavy atom. The highest BCUT2D eigenvalue weighted by molar-refractivity contribution is 5.81. The average molecular weight is 400 g/mol. The number of hydrogen-bond acceptors (Lipinski definition) is 4. The van der Waals surface area contributed by atoms with Gasteiger partial charge in [-0.1, -0.05) is 43.3 Å². The molecule has 1 aliphatic rings. The molecule has 0 saturated heterocycles. The highest BCUT2D eigenvalue weighted by atomic mass is 19.3. The van der Waals surface area contributed by atoms with Crippen LogP contribution in [0.25, 0.3) is 0 Å². The van der Waals surface area contributed by atoms with Crippen molar-refractivity contribution in [2.75, 3.05) is 0 Å². The van der Waals surface area contributed by atoms with Gasteiger partial charge in [-0.3, -0.25) is 4.79 Å². The number of para-hydroxylation sites is 2. The van der Waals surface area contributed by atoms with Crippen LogP contribution < -0.4 is 9.47 Å². The lowest BCUT2D eigenvalue weighted by Gasteiger charge is -2.30. The Morgan fingerprint density at radius 2 is 1.52 bits per heavy atom. The quantitative estimate of drug-likeness (QED) is 0.490. The monoisotopic (exact) mass is 400 g/mol. The molecule has 0 heterocycles. The second-order valence-corrected chi connectivity index (χ2v) is 7.03. The topological polar surface area (TPSA) is 52.6 Å². The Kier molecular flexibility index (Phi) is 6.62. The van der Waals surface area contributed by atoms with Gasteiger partial charge in [0, 0.05) is 12.3 Å². The molecule has 1 fully saturated rings. The number of benzene rings is 2. The van der Waals surface area contributed by atoms with Gasteiger partial charge in [0.1, 0.15) is 11.5 Å². The molecule has 4 nitrogen and oxygen atoms in total. The number of alkyl halides is 2. The Morgan fingerprint density at radius 1 is 0.966 bits per heavy atom. The summed E-state index contributed by atoms with van der Waals surface area (Å²) in [6, 6.07) is 16.1. The highest BCUT2D eigenvalue weighted by Crippen LogP contribution is 2.48. The molecule has 1 aliphatic carbocycles. The summed E-state index contributed by atoms with van der Waals surface area (Å²) in [5.41, 5.74) is 0. The van der Waals surface area contributed by atoms with Gasteiger partial charge in [-0.2, -0.15) is 8.78 Å². The van der Waals surface area contributed by atoms with Crippen molar-refractivity contribution in [1.82, 2.24) is 0 Å². The van der Waals surface area contributed by atoms with E-state index in [1.807, 2.05) is 0 Å². The van der Waals surface area contributed by atoms with E-state index in [9.17, 15) is 9.59 Å². The molecule has 2 aromatic carbocycles. The first kappa shape index (κ1) is 21.0. The molecule has 0 N–H and O–H groups in total. The van der Waals surface area contributed by atoms with Gasteiger partial charge in [0.15, 0.2) is 0 Å². The summed E-state index contributed by atoms with van der Waals surface area (Å²) >= 11 is 0. The number of carbonyl (C=O) groups excluding carboxylic acids is 2. The first-order chi connectivity index (χ1) is 13.9. The maximum Gasteiger partial charge on any atom is 0.382 e. The van der Waals surface area contributed by atoms with Crippen LogP contribution in [-0.4, -0.2) is 17.9 Å². The first-order valence-electron chi connectivity index (χ1n) is 9.45. The van der Waals surface area contributed by atoms with Gasteiger partial charge < -0.3 is 9.47 Å². The molecule has 2 radical (unpaired) electrons. The van der Waals surface area contributed by atoms with E-state index in [1.165, 1.54) is 12.1 Å². The van der Waals surface area contributed by atoms with E-state index < -0.39 is 35.6 Å². The van der Waals surface area contributed by atoms with E-state index in [0.29, 0.717) is 12.2 Å². The number of carbonyl (C=O) groups is 2. The van der Waals surface area contributed by atoms with E-state index >= 15 is 8.78 Å². The van der Waals surface area contributed by atoms with E-state index in [0.717, 1.165) is 0 Å². The van der Waals surface area contributed by atoms with Crippen LogP contribution in [0.5, 0.6) is 11.5 Å². The zero-order valence-corrected chi connectivity index (χ0v) is 15.8. The van der Waals surface area contributed by atoms with Crippen molar-refractivity contribution < 1.29 is 27.8 Å². The van der Waals surface area contributed by atoms with Crippen molar-refractivity contribution >= 4 is 11.9 Å². The summed E-state index contributed by atoms with van der Waals surface area (Å²) in [5, 5.41) is 0. The van der Waals surface area contributed by atoms with Crippen LogP contribution in [0.4, 0.5) is 8.78 Å². The average Bonchev–Trinajstić information content (AvgIpc) is 3.12. The number of rotatable bonds is 7. The minimum atomic E-state index is -3.76. The van der Waals surface area contributed by atoms with Crippen LogP contribution in [0, 0.1) is 31.1 Å². The third-order valence-corrected chi connectivity index (χ3v) is 5.10. The fourth-order valence-electron chi connectivity index (χ4n) is 3.72. The van der Waals surface area contributed by atoms with Crippen molar-refractivity contribution in [2.45, 2.75) is 25.2 Å². The predicted molar refractivity (Wildman–Crippen MR) is 103 cm³/mol. The largest absolute Gasteiger partial charge is 0.427 e. The third-order valence-electron chi connectivity index (χ3n) is 5.10. The molecule has 0 bridgehead atoms. The summed E-state index contributed by atoms with van der Waals surface area (Å²) < 4.78 is 40.3. The van der Waals surface area contributed by atoms with Gasteiger partial charge in [0.25, 0.3) is 0 Å². The highest BCUT2D eigenvalue weighted by Gasteiger charge is 2.57. The number of esters is 2. The second kappa shape index (κ2) is 9.16. The molecular weight excluding hydrogens is 378 g/mol. The molecule has 152 valence electrons. The molecule has 0 aromatic heterocycles. The molecule has 3 rings (SSSR count). The zero-order chi connectivity index (χ0) is 20.9. The molecule has 2 aromatic rings. The minimum Gasteiger partial charge on any atom is -0.427 e. The van der Waals surface area contributed by atoms with Crippen molar-refractivity contribution in [3.05, 3.63) is 74.0 Å². The van der Waals surface area contributed by atoms with Crippen LogP contribution in [0.2, 0.25) is 0 Å². The van der Waals surface area contributed by atoms with Gasteiger partial charge in [0.05, 0.1) is 0 Å². The van der Waals surface area contributed by atoms with Crippen LogP contribution in [0.15, 0.2) is 60.7 Å². The Hall–Kier alpha value is -2.76. The molecule has 0 amide bonds. The first-order valence-corrected chi connectivity index (χ1v) is 9.45. The SMILES string of the molecule is [CH2]CC1C[CH]C(CC(=O)Oc2ccccc2)C1C(F)(F)C(=O)Oc1ccccc1. The van der Waals surface area contributed by atoms with Crippen molar-refractivity contribution in [1.29, 1.82) is 0 Å². The summed E-state index contributed by atoms with van der Waals surface area (Å²) in [4.78, 5) is 24.6. The molecule has 3 unspecified atom stereocenters. The molecule has 3 atom stereocenters. The zero-order valence-electron chi connectivity index (χ0n) is 15.8. The molecule has 1 saturated carbocycles. The predicted octanol–water partition coefficient (Wildman–Crippen LogP) is 4.90. The standard InChI is InChI=1S/C23H22F2O4/c1-2-16-13-14-17(15-20(26)28-18-9-5-3-6-10-18)21(16)23(24,25)22(27)29-19-11-7-4-8-12-19/h3-12,14,16-17,21H,1-2,13,15H2. The van der Waals surface area contributed by atoms with E-state index in [2.05, 4.69) is 6.92 Å². The van der Waals surface area contributed by atoms with Crippen LogP contribution in [0.3, 0.4) is 0 Å². The van der Waals surface area contributed by atoms with Crippen LogP contribution in [-0.2, 0) is 9.59 Å². The lowest BCUT2D eigenvalue weighted by Crippen LogP contribution is -2.45. The smallest absolute Gasteiger partial charge is 0.382 e. The Balaban J connectivity index is 1.72. The van der Waals surface area contributed by atoms with Crippen LogP contribution >= 0.6 is 0 Å². The van der Waals surface area contributed by atoms with Gasteiger partial charge in [-0.25, -0.2) is 4.79 Å². The third kappa shape index (κ3) is 5.00. The summed E-state index contributed by atoms with van der Waals surface area (Å²) in [5.74, 6) is -8.33. The summed E-state index contributed by atoms with van der Waals surface area (Å²) in [6.45, 7) is 3.73. The lowest BCUT2D eigenvalue weighted by atomic mass is 9.81. The Bertz CT molecular complexity index is 823. The number of hydrogen-bond donors (Lipinski definition) is 0. The van der Waals surface area contributed by atoms with Gasteiger partial charge >= 0.3 is 17.9 Å². The molecule has 0 aliphatic heterocycles. The molecule has 29 heavy (non-hydrogen) atoms. The van der Waals surface area contributed by atoms with E-state index in [1.54, 1.807) is 55.0 Å². The maximum atomic E-state index is 15.1.